The number of nitriles is 1. The third-order valence-electron chi connectivity index (χ3n) is 4.34. The molecule has 118 valence electrons. The Bertz CT molecular complexity index is 932. The van der Waals surface area contributed by atoms with Gasteiger partial charge in [-0.05, 0) is 49.2 Å². The lowest BCUT2D eigenvalue weighted by Crippen LogP contribution is -2.33. The zero-order valence-electron chi connectivity index (χ0n) is 13.1. The molecule has 0 N–H and O–H groups in total. The van der Waals surface area contributed by atoms with Gasteiger partial charge in [0.1, 0.15) is 5.65 Å². The molecule has 0 spiro atoms. The first-order valence-corrected chi connectivity index (χ1v) is 7.98. The van der Waals surface area contributed by atoms with Crippen LogP contribution in [0.3, 0.4) is 0 Å². The fraction of sp³-hybridized carbons (Fsp3) is 0.211. The third kappa shape index (κ3) is 2.63. The molecule has 1 aromatic carbocycles. The van der Waals surface area contributed by atoms with Gasteiger partial charge >= 0.3 is 0 Å². The average molecular weight is 316 g/mol. The standard InChI is InChI=1S/C19H16N4O/c20-11-14-4-6-15(7-5-14)19(24)23(16-8-9-16)13-17-12-21-18-3-1-2-10-22(17)18/h1-7,10,12,16H,8-9,13H2. The second-order valence-electron chi connectivity index (χ2n) is 6.03. The van der Waals surface area contributed by atoms with Gasteiger partial charge in [0.05, 0.1) is 30.1 Å². The molecule has 0 bridgehead atoms. The van der Waals surface area contributed by atoms with Crippen molar-refractivity contribution in [3.05, 3.63) is 71.7 Å². The zero-order chi connectivity index (χ0) is 16.5. The van der Waals surface area contributed by atoms with Gasteiger partial charge in [-0.25, -0.2) is 4.98 Å². The summed E-state index contributed by atoms with van der Waals surface area (Å²) in [6.07, 6.45) is 5.88. The zero-order valence-corrected chi connectivity index (χ0v) is 13.1. The van der Waals surface area contributed by atoms with E-state index in [2.05, 4.69) is 11.1 Å². The minimum Gasteiger partial charge on any atom is -0.330 e. The molecule has 1 amide bonds. The van der Waals surface area contributed by atoms with Crippen LogP contribution in [0.1, 0.15) is 34.5 Å². The van der Waals surface area contributed by atoms with E-state index in [0.29, 0.717) is 23.7 Å². The number of amides is 1. The van der Waals surface area contributed by atoms with Crippen molar-refractivity contribution in [2.45, 2.75) is 25.4 Å². The highest BCUT2D eigenvalue weighted by Crippen LogP contribution is 2.30. The molecule has 0 saturated heterocycles. The van der Waals surface area contributed by atoms with Crippen LogP contribution < -0.4 is 0 Å². The van der Waals surface area contributed by atoms with Crippen LogP contribution in [0.4, 0.5) is 0 Å². The maximum Gasteiger partial charge on any atom is 0.254 e. The van der Waals surface area contributed by atoms with E-state index < -0.39 is 0 Å². The number of carbonyl (C=O) groups excluding carboxylic acids is 1. The van der Waals surface area contributed by atoms with Crippen molar-refractivity contribution in [1.29, 1.82) is 5.26 Å². The fourth-order valence-electron chi connectivity index (χ4n) is 2.88. The van der Waals surface area contributed by atoms with Crippen LogP contribution in [0.25, 0.3) is 5.65 Å². The summed E-state index contributed by atoms with van der Waals surface area (Å²) in [5.74, 6) is 0.00729. The van der Waals surface area contributed by atoms with Crippen LogP contribution >= 0.6 is 0 Å². The summed E-state index contributed by atoms with van der Waals surface area (Å²) in [4.78, 5) is 19.2. The molecule has 4 rings (SSSR count). The van der Waals surface area contributed by atoms with Crippen molar-refractivity contribution >= 4 is 11.6 Å². The molecule has 0 atom stereocenters. The lowest BCUT2D eigenvalue weighted by atomic mass is 10.1. The normalized spacial score (nSPS) is 13.6. The molecule has 0 radical (unpaired) electrons. The van der Waals surface area contributed by atoms with Gasteiger partial charge in [-0.3, -0.25) is 4.79 Å². The number of nitrogens with zero attached hydrogens (tertiary/aromatic N) is 4. The topological polar surface area (TPSA) is 61.4 Å². The predicted octanol–water partition coefficient (Wildman–Crippen LogP) is 3.01. The molecule has 0 aliphatic heterocycles. The molecule has 1 fully saturated rings. The first-order valence-electron chi connectivity index (χ1n) is 7.98. The summed E-state index contributed by atoms with van der Waals surface area (Å²) in [7, 11) is 0. The van der Waals surface area contributed by atoms with Crippen LogP contribution in [-0.2, 0) is 6.54 Å². The summed E-state index contributed by atoms with van der Waals surface area (Å²) in [5, 5.41) is 8.89. The molecular weight excluding hydrogens is 300 g/mol. The molecule has 0 unspecified atom stereocenters. The highest BCUT2D eigenvalue weighted by atomic mass is 16.2. The first kappa shape index (κ1) is 14.5. The molecule has 1 aliphatic rings. The minimum absolute atomic E-state index is 0.00729. The smallest absolute Gasteiger partial charge is 0.254 e. The Morgan fingerprint density at radius 1 is 1.25 bits per heavy atom. The van der Waals surface area contributed by atoms with Gasteiger partial charge in [0, 0.05) is 17.8 Å². The molecule has 3 aromatic rings. The second-order valence-corrected chi connectivity index (χ2v) is 6.03. The van der Waals surface area contributed by atoms with E-state index in [-0.39, 0.29) is 5.91 Å². The maximum atomic E-state index is 12.9. The molecule has 1 aliphatic carbocycles. The number of fused-ring (bicyclic) bond motifs is 1. The highest BCUT2D eigenvalue weighted by molar-refractivity contribution is 5.94. The summed E-state index contributed by atoms with van der Waals surface area (Å²) in [5.41, 5.74) is 3.06. The lowest BCUT2D eigenvalue weighted by molar-refractivity contribution is 0.0727. The number of benzene rings is 1. The average Bonchev–Trinajstić information content (AvgIpc) is 3.40. The quantitative estimate of drug-likeness (QED) is 0.743. The van der Waals surface area contributed by atoms with Gasteiger partial charge in [0.25, 0.3) is 5.91 Å². The van der Waals surface area contributed by atoms with E-state index in [1.807, 2.05) is 39.9 Å². The number of imidazole rings is 1. The molecule has 1 saturated carbocycles. The lowest BCUT2D eigenvalue weighted by Gasteiger charge is -2.22. The fourth-order valence-corrected chi connectivity index (χ4v) is 2.88. The van der Waals surface area contributed by atoms with E-state index in [1.165, 1.54) is 0 Å². The molecular formula is C19H16N4O. The van der Waals surface area contributed by atoms with Crippen LogP contribution in [0.15, 0.2) is 54.9 Å². The van der Waals surface area contributed by atoms with Crippen molar-refractivity contribution in [3.63, 3.8) is 0 Å². The Morgan fingerprint density at radius 2 is 2.04 bits per heavy atom. The first-order chi connectivity index (χ1) is 11.8. The number of hydrogen-bond acceptors (Lipinski definition) is 3. The Kier molecular flexibility index (Phi) is 3.51. The van der Waals surface area contributed by atoms with Crippen molar-refractivity contribution in [2.75, 3.05) is 0 Å². The Hall–Kier alpha value is -3.13. The second kappa shape index (κ2) is 5.82. The number of rotatable bonds is 4. The van der Waals surface area contributed by atoms with Crippen molar-refractivity contribution < 1.29 is 4.79 Å². The molecule has 24 heavy (non-hydrogen) atoms. The molecule has 2 heterocycles. The summed E-state index contributed by atoms with van der Waals surface area (Å²) in [6, 6.07) is 15.1. The SMILES string of the molecule is N#Cc1ccc(C(=O)N(Cc2cnc3ccccn23)C2CC2)cc1. The summed E-state index contributed by atoms with van der Waals surface area (Å²) < 4.78 is 2.02. The third-order valence-corrected chi connectivity index (χ3v) is 4.34. The summed E-state index contributed by atoms with van der Waals surface area (Å²) >= 11 is 0. The van der Waals surface area contributed by atoms with Gasteiger partial charge in [-0.15, -0.1) is 0 Å². The number of aromatic nitrogens is 2. The Labute approximate surface area is 139 Å². The highest BCUT2D eigenvalue weighted by Gasteiger charge is 2.33. The predicted molar refractivity (Wildman–Crippen MR) is 89.2 cm³/mol. The van der Waals surface area contributed by atoms with E-state index >= 15 is 0 Å². The van der Waals surface area contributed by atoms with Gasteiger partial charge in [0.2, 0.25) is 0 Å². The molecule has 5 nitrogen and oxygen atoms in total. The minimum atomic E-state index is 0.00729. The number of hydrogen-bond donors (Lipinski definition) is 0. The summed E-state index contributed by atoms with van der Waals surface area (Å²) in [6.45, 7) is 0.536. The maximum absolute atomic E-state index is 12.9. The Morgan fingerprint density at radius 3 is 2.75 bits per heavy atom. The van der Waals surface area contributed by atoms with Crippen molar-refractivity contribution in [1.82, 2.24) is 14.3 Å². The van der Waals surface area contributed by atoms with Crippen molar-refractivity contribution in [3.8, 4) is 6.07 Å². The van der Waals surface area contributed by atoms with Gasteiger partial charge in [0.15, 0.2) is 0 Å². The Balaban J connectivity index is 1.62. The number of pyridine rings is 1. The van der Waals surface area contributed by atoms with E-state index in [1.54, 1.807) is 24.3 Å². The van der Waals surface area contributed by atoms with Crippen LogP contribution in [0, 0.1) is 11.3 Å². The monoisotopic (exact) mass is 316 g/mol. The largest absolute Gasteiger partial charge is 0.330 e. The van der Waals surface area contributed by atoms with Crippen LogP contribution in [0.5, 0.6) is 0 Å². The van der Waals surface area contributed by atoms with Gasteiger partial charge < -0.3 is 9.30 Å². The van der Waals surface area contributed by atoms with Crippen LogP contribution in [0.2, 0.25) is 0 Å². The number of carbonyl (C=O) groups is 1. The van der Waals surface area contributed by atoms with E-state index in [9.17, 15) is 4.79 Å². The molecule has 5 heteroatoms. The van der Waals surface area contributed by atoms with Crippen LogP contribution in [-0.4, -0.2) is 26.2 Å². The van der Waals surface area contributed by atoms with Crippen molar-refractivity contribution in [2.24, 2.45) is 0 Å². The van der Waals surface area contributed by atoms with E-state index in [4.69, 9.17) is 5.26 Å². The van der Waals surface area contributed by atoms with Gasteiger partial charge in [-0.1, -0.05) is 6.07 Å². The van der Waals surface area contributed by atoms with E-state index in [0.717, 1.165) is 24.2 Å². The molecule has 2 aromatic heterocycles. The van der Waals surface area contributed by atoms with Gasteiger partial charge in [-0.2, -0.15) is 5.26 Å².